The molecule has 7 heteroatoms. The molecule has 0 unspecified atom stereocenters. The summed E-state index contributed by atoms with van der Waals surface area (Å²) in [5.41, 5.74) is 3.87. The van der Waals surface area contributed by atoms with Crippen molar-refractivity contribution in [2.24, 2.45) is 10.2 Å². The van der Waals surface area contributed by atoms with Gasteiger partial charge in [0.15, 0.2) is 5.11 Å². The van der Waals surface area contributed by atoms with E-state index in [9.17, 15) is 4.79 Å². The van der Waals surface area contributed by atoms with Gasteiger partial charge in [0.2, 0.25) is 6.41 Å². The van der Waals surface area contributed by atoms with Gasteiger partial charge in [0.05, 0.1) is 5.54 Å². The molecule has 0 saturated heterocycles. The SMILES string of the molecule is CC(C)(C)N=NC(C)(C)NC(=S)NNC=O. The molecule has 0 heterocycles. The first kappa shape index (κ1) is 14.8. The molecule has 92 valence electrons. The quantitative estimate of drug-likeness (QED) is 0.300. The molecule has 0 atom stereocenters. The zero-order valence-corrected chi connectivity index (χ0v) is 11.1. The van der Waals surface area contributed by atoms with E-state index in [0.717, 1.165) is 0 Å². The molecule has 0 aromatic rings. The number of hydrogen-bond donors (Lipinski definition) is 3. The van der Waals surface area contributed by atoms with Gasteiger partial charge in [-0.05, 0) is 46.8 Å². The highest BCUT2D eigenvalue weighted by molar-refractivity contribution is 7.80. The van der Waals surface area contributed by atoms with E-state index in [4.69, 9.17) is 12.2 Å². The second-order valence-electron chi connectivity index (χ2n) is 4.77. The van der Waals surface area contributed by atoms with E-state index in [1.165, 1.54) is 0 Å². The normalized spacial score (nSPS) is 12.3. The Kier molecular flexibility index (Phi) is 5.29. The van der Waals surface area contributed by atoms with Gasteiger partial charge in [0, 0.05) is 0 Å². The van der Waals surface area contributed by atoms with Crippen LogP contribution >= 0.6 is 12.2 Å². The van der Waals surface area contributed by atoms with E-state index < -0.39 is 5.66 Å². The molecule has 6 nitrogen and oxygen atoms in total. The number of nitrogens with zero attached hydrogens (tertiary/aromatic N) is 2. The molecule has 0 radical (unpaired) electrons. The minimum atomic E-state index is -0.623. The Bertz CT molecular complexity index is 282. The standard InChI is InChI=1S/C9H19N5OS/c1-8(2,3)13-14-9(4,5)11-7(16)12-10-6-15/h6H,1-5H3,(H,10,15)(H2,11,12,16). The van der Waals surface area contributed by atoms with Crippen molar-refractivity contribution in [2.45, 2.75) is 45.8 Å². The lowest BCUT2D eigenvalue weighted by Crippen LogP contribution is -2.50. The molecular weight excluding hydrogens is 226 g/mol. The molecule has 1 amide bonds. The van der Waals surface area contributed by atoms with E-state index in [1.54, 1.807) is 0 Å². The van der Waals surface area contributed by atoms with Gasteiger partial charge in [0.25, 0.3) is 0 Å². The molecule has 3 N–H and O–H groups in total. The third kappa shape index (κ3) is 8.10. The number of amides is 1. The lowest BCUT2D eigenvalue weighted by atomic mass is 10.1. The lowest BCUT2D eigenvalue weighted by Gasteiger charge is -2.23. The summed E-state index contributed by atoms with van der Waals surface area (Å²) in [6.07, 6.45) is 0.498. The van der Waals surface area contributed by atoms with Gasteiger partial charge in [-0.15, -0.1) is 0 Å². The van der Waals surface area contributed by atoms with Crippen molar-refractivity contribution in [1.29, 1.82) is 0 Å². The van der Waals surface area contributed by atoms with Crippen molar-refractivity contribution in [3.63, 3.8) is 0 Å². The zero-order chi connectivity index (χ0) is 12.8. The Labute approximate surface area is 101 Å². The summed E-state index contributed by atoms with van der Waals surface area (Å²) in [7, 11) is 0. The molecule has 0 aromatic heterocycles. The van der Waals surface area contributed by atoms with Crippen molar-refractivity contribution >= 4 is 23.7 Å². The van der Waals surface area contributed by atoms with Crippen molar-refractivity contribution in [3.05, 3.63) is 0 Å². The van der Waals surface area contributed by atoms with Gasteiger partial charge >= 0.3 is 0 Å². The first-order valence-corrected chi connectivity index (χ1v) is 5.28. The van der Waals surface area contributed by atoms with Gasteiger partial charge in [-0.3, -0.25) is 15.6 Å². The van der Waals surface area contributed by atoms with E-state index in [-0.39, 0.29) is 10.7 Å². The van der Waals surface area contributed by atoms with Crippen LogP contribution in [0.1, 0.15) is 34.6 Å². The fraction of sp³-hybridized carbons (Fsp3) is 0.778. The summed E-state index contributed by atoms with van der Waals surface area (Å²) in [5, 5.41) is 11.5. The van der Waals surface area contributed by atoms with Crippen LogP contribution in [-0.4, -0.2) is 22.7 Å². The number of nitrogens with one attached hydrogen (secondary N) is 3. The first-order chi connectivity index (χ1) is 7.16. The van der Waals surface area contributed by atoms with Crippen LogP contribution in [0.15, 0.2) is 10.2 Å². The number of hydrazine groups is 1. The Morgan fingerprint density at radius 1 is 1.19 bits per heavy atom. The monoisotopic (exact) mass is 245 g/mol. The second-order valence-corrected chi connectivity index (χ2v) is 5.18. The molecule has 0 aliphatic rings. The molecule has 0 aliphatic heterocycles. The van der Waals surface area contributed by atoms with Crippen LogP contribution in [0.2, 0.25) is 0 Å². The van der Waals surface area contributed by atoms with Crippen molar-refractivity contribution in [1.82, 2.24) is 16.2 Å². The summed E-state index contributed by atoms with van der Waals surface area (Å²) in [5.74, 6) is 0. The molecule has 0 spiro atoms. The van der Waals surface area contributed by atoms with Crippen LogP contribution in [-0.2, 0) is 4.79 Å². The maximum absolute atomic E-state index is 10.0. The second kappa shape index (κ2) is 5.74. The Morgan fingerprint density at radius 2 is 1.75 bits per heavy atom. The Balaban J connectivity index is 4.29. The van der Waals surface area contributed by atoms with Gasteiger partial charge in [-0.1, -0.05) is 0 Å². The highest BCUT2D eigenvalue weighted by Gasteiger charge is 2.19. The number of hydrogen-bond acceptors (Lipinski definition) is 4. The zero-order valence-electron chi connectivity index (χ0n) is 10.3. The smallest absolute Gasteiger partial charge is 0.225 e. The highest BCUT2D eigenvalue weighted by Crippen LogP contribution is 2.12. The van der Waals surface area contributed by atoms with Gasteiger partial charge in [-0.25, -0.2) is 0 Å². The van der Waals surface area contributed by atoms with Crippen LogP contribution in [0.3, 0.4) is 0 Å². The molecule has 0 aromatic carbocycles. The summed E-state index contributed by atoms with van der Waals surface area (Å²) in [6, 6.07) is 0. The van der Waals surface area contributed by atoms with Crippen LogP contribution in [0.25, 0.3) is 0 Å². The van der Waals surface area contributed by atoms with Crippen LogP contribution < -0.4 is 16.2 Å². The summed E-state index contributed by atoms with van der Waals surface area (Å²) >= 11 is 4.93. The topological polar surface area (TPSA) is 77.9 Å². The minimum Gasteiger partial charge on any atom is -0.336 e. The minimum absolute atomic E-state index is 0.227. The third-order valence-corrected chi connectivity index (χ3v) is 1.47. The van der Waals surface area contributed by atoms with Gasteiger partial charge in [0.1, 0.15) is 5.66 Å². The molecule has 0 fully saturated rings. The average molecular weight is 245 g/mol. The van der Waals surface area contributed by atoms with E-state index in [0.29, 0.717) is 6.41 Å². The first-order valence-electron chi connectivity index (χ1n) is 4.88. The van der Waals surface area contributed by atoms with E-state index in [2.05, 4.69) is 26.4 Å². The molecule has 0 saturated carbocycles. The molecule has 16 heavy (non-hydrogen) atoms. The highest BCUT2D eigenvalue weighted by atomic mass is 32.1. The lowest BCUT2D eigenvalue weighted by molar-refractivity contribution is -0.110. The number of azo groups is 1. The number of rotatable bonds is 4. The van der Waals surface area contributed by atoms with Crippen LogP contribution in [0.4, 0.5) is 0 Å². The predicted molar refractivity (Wildman–Crippen MR) is 66.8 cm³/mol. The maximum Gasteiger partial charge on any atom is 0.225 e. The molecule has 0 aliphatic carbocycles. The summed E-state index contributed by atoms with van der Waals surface area (Å²) in [6.45, 7) is 9.53. The van der Waals surface area contributed by atoms with Crippen molar-refractivity contribution in [3.8, 4) is 0 Å². The predicted octanol–water partition coefficient (Wildman–Crippen LogP) is 1.10. The van der Waals surface area contributed by atoms with E-state index in [1.807, 2.05) is 34.6 Å². The van der Waals surface area contributed by atoms with Crippen molar-refractivity contribution in [2.75, 3.05) is 0 Å². The van der Waals surface area contributed by atoms with Crippen LogP contribution in [0.5, 0.6) is 0 Å². The summed E-state index contributed by atoms with van der Waals surface area (Å²) in [4.78, 5) is 10.0. The molecule has 0 rings (SSSR count). The Hall–Kier alpha value is -1.24. The third-order valence-electron chi connectivity index (χ3n) is 1.26. The molecule has 0 bridgehead atoms. The number of carbonyl (C=O) groups is 1. The molecular formula is C9H19N5OS. The van der Waals surface area contributed by atoms with Crippen LogP contribution in [0, 0.1) is 0 Å². The van der Waals surface area contributed by atoms with Gasteiger partial charge < -0.3 is 5.32 Å². The number of carbonyl (C=O) groups excluding carboxylic acids is 1. The Morgan fingerprint density at radius 3 is 2.19 bits per heavy atom. The van der Waals surface area contributed by atoms with Gasteiger partial charge in [-0.2, -0.15) is 10.2 Å². The fourth-order valence-electron chi connectivity index (χ4n) is 0.704. The van der Waals surface area contributed by atoms with E-state index >= 15 is 0 Å². The maximum atomic E-state index is 10.0. The number of thiocarbonyl (C=S) groups is 1. The van der Waals surface area contributed by atoms with Crippen molar-refractivity contribution < 1.29 is 4.79 Å². The fourth-order valence-corrected chi connectivity index (χ4v) is 1.01. The largest absolute Gasteiger partial charge is 0.336 e. The average Bonchev–Trinajstić information content (AvgIpc) is 2.10. The summed E-state index contributed by atoms with van der Waals surface area (Å²) < 4.78 is 0.